The van der Waals surface area contributed by atoms with Gasteiger partial charge in [-0.1, -0.05) is 35.9 Å². The first-order chi connectivity index (χ1) is 12.0. The molecular weight excluding hydrogens is 345 g/mol. The van der Waals surface area contributed by atoms with Gasteiger partial charge in [-0.15, -0.1) is 0 Å². The standard InChI is InChI=1S/C18H15ClFN3O2/c1-10-15(17(24)22-14-5-3-2-4-13(14)19)16(23-18(25)21-10)11-6-8-12(20)9-7-11/h2-9,16H,1H3,(H,22,24)(H2,21,23,25). The number of hydrogen-bond acceptors (Lipinski definition) is 2. The molecule has 0 saturated heterocycles. The van der Waals surface area contributed by atoms with E-state index in [1.807, 2.05) is 0 Å². The van der Waals surface area contributed by atoms with Gasteiger partial charge in [-0.2, -0.15) is 0 Å². The number of hydrogen-bond donors (Lipinski definition) is 3. The van der Waals surface area contributed by atoms with Crippen LogP contribution in [0.5, 0.6) is 0 Å². The summed E-state index contributed by atoms with van der Waals surface area (Å²) in [4.78, 5) is 24.6. The second-order valence-corrected chi connectivity index (χ2v) is 5.96. The van der Waals surface area contributed by atoms with E-state index in [1.165, 1.54) is 24.3 Å². The zero-order valence-electron chi connectivity index (χ0n) is 13.3. The minimum atomic E-state index is -0.697. The molecule has 0 aromatic heterocycles. The van der Waals surface area contributed by atoms with Gasteiger partial charge in [0, 0.05) is 5.70 Å². The van der Waals surface area contributed by atoms with E-state index in [2.05, 4.69) is 16.0 Å². The maximum atomic E-state index is 13.2. The smallest absolute Gasteiger partial charge is 0.319 e. The molecule has 128 valence electrons. The highest BCUT2D eigenvalue weighted by Gasteiger charge is 2.31. The van der Waals surface area contributed by atoms with Crippen molar-refractivity contribution < 1.29 is 14.0 Å². The third-order valence-corrected chi connectivity index (χ3v) is 4.17. The van der Waals surface area contributed by atoms with Crippen LogP contribution in [0.15, 0.2) is 59.8 Å². The van der Waals surface area contributed by atoms with E-state index in [9.17, 15) is 14.0 Å². The second-order valence-electron chi connectivity index (χ2n) is 5.56. The summed E-state index contributed by atoms with van der Waals surface area (Å²) in [5.41, 5.74) is 1.80. The third kappa shape index (κ3) is 3.64. The first kappa shape index (κ1) is 17.0. The Morgan fingerprint density at radius 2 is 1.84 bits per heavy atom. The van der Waals surface area contributed by atoms with Crippen LogP contribution in [-0.2, 0) is 4.79 Å². The van der Waals surface area contributed by atoms with Gasteiger partial charge in [0.1, 0.15) is 5.82 Å². The predicted molar refractivity (Wildman–Crippen MR) is 93.6 cm³/mol. The van der Waals surface area contributed by atoms with Gasteiger partial charge in [-0.3, -0.25) is 4.79 Å². The average Bonchev–Trinajstić information content (AvgIpc) is 2.57. The molecule has 7 heteroatoms. The number of anilines is 1. The van der Waals surface area contributed by atoms with Crippen molar-refractivity contribution in [2.24, 2.45) is 0 Å². The highest BCUT2D eigenvalue weighted by Crippen LogP contribution is 2.29. The SMILES string of the molecule is CC1=C(C(=O)Nc2ccccc2Cl)C(c2ccc(F)cc2)NC(=O)N1. The van der Waals surface area contributed by atoms with Crippen molar-refractivity contribution >= 4 is 29.2 Å². The highest BCUT2D eigenvalue weighted by molar-refractivity contribution is 6.33. The number of amides is 3. The lowest BCUT2D eigenvalue weighted by Gasteiger charge is -2.28. The molecular formula is C18H15ClFN3O2. The van der Waals surface area contributed by atoms with E-state index in [0.717, 1.165) is 0 Å². The number of nitrogens with one attached hydrogen (secondary N) is 3. The zero-order chi connectivity index (χ0) is 18.0. The maximum absolute atomic E-state index is 13.2. The average molecular weight is 360 g/mol. The van der Waals surface area contributed by atoms with Crippen LogP contribution in [0.4, 0.5) is 14.9 Å². The summed E-state index contributed by atoms with van der Waals surface area (Å²) in [6.45, 7) is 1.64. The Morgan fingerprint density at radius 1 is 1.16 bits per heavy atom. The van der Waals surface area contributed by atoms with E-state index in [4.69, 9.17) is 11.6 Å². The van der Waals surface area contributed by atoms with Crippen LogP contribution >= 0.6 is 11.6 Å². The second kappa shape index (κ2) is 6.94. The first-order valence-corrected chi connectivity index (χ1v) is 7.93. The van der Waals surface area contributed by atoms with Crippen LogP contribution in [0.25, 0.3) is 0 Å². The van der Waals surface area contributed by atoms with E-state index >= 15 is 0 Å². The first-order valence-electron chi connectivity index (χ1n) is 7.55. The van der Waals surface area contributed by atoms with E-state index in [0.29, 0.717) is 27.5 Å². The number of allylic oxidation sites excluding steroid dienone is 1. The number of urea groups is 1. The van der Waals surface area contributed by atoms with Crippen LogP contribution in [0.1, 0.15) is 18.5 Å². The predicted octanol–water partition coefficient (Wildman–Crippen LogP) is 3.75. The summed E-state index contributed by atoms with van der Waals surface area (Å²) in [7, 11) is 0. The lowest BCUT2D eigenvalue weighted by atomic mass is 9.95. The van der Waals surface area contributed by atoms with Crippen LogP contribution < -0.4 is 16.0 Å². The molecule has 0 fully saturated rings. The molecule has 3 amide bonds. The van der Waals surface area contributed by atoms with Crippen LogP contribution in [0.2, 0.25) is 5.02 Å². The summed E-state index contributed by atoms with van der Waals surface area (Å²) in [5.74, 6) is -0.806. The molecule has 3 rings (SSSR count). The van der Waals surface area contributed by atoms with Crippen molar-refractivity contribution in [3.8, 4) is 0 Å². The largest absolute Gasteiger partial charge is 0.327 e. The lowest BCUT2D eigenvalue weighted by molar-refractivity contribution is -0.113. The number of halogens is 2. The Kier molecular flexibility index (Phi) is 4.72. The van der Waals surface area contributed by atoms with Gasteiger partial charge in [0.05, 0.1) is 22.3 Å². The molecule has 3 N–H and O–H groups in total. The fraction of sp³-hybridized carbons (Fsp3) is 0.111. The molecule has 1 aliphatic heterocycles. The van der Waals surface area contributed by atoms with Gasteiger partial charge < -0.3 is 16.0 Å². The molecule has 1 heterocycles. The van der Waals surface area contributed by atoms with Crippen LogP contribution in [-0.4, -0.2) is 11.9 Å². The molecule has 0 saturated carbocycles. The monoisotopic (exact) mass is 359 g/mol. The number of carbonyl (C=O) groups is 2. The number of carbonyl (C=O) groups excluding carboxylic acids is 2. The molecule has 2 aromatic rings. The van der Waals surface area contributed by atoms with Gasteiger partial charge in [0.25, 0.3) is 5.91 Å². The zero-order valence-corrected chi connectivity index (χ0v) is 14.0. The summed E-state index contributed by atoms with van der Waals surface area (Å²) < 4.78 is 13.2. The molecule has 5 nitrogen and oxygen atoms in total. The van der Waals surface area contributed by atoms with Crippen molar-refractivity contribution in [1.29, 1.82) is 0 Å². The Balaban J connectivity index is 1.96. The van der Waals surface area contributed by atoms with Crippen molar-refractivity contribution in [2.45, 2.75) is 13.0 Å². The topological polar surface area (TPSA) is 70.2 Å². The third-order valence-electron chi connectivity index (χ3n) is 3.84. The van der Waals surface area contributed by atoms with Crippen molar-refractivity contribution in [1.82, 2.24) is 10.6 Å². The highest BCUT2D eigenvalue weighted by atomic mass is 35.5. The minimum Gasteiger partial charge on any atom is -0.327 e. The Hall–Kier alpha value is -2.86. The van der Waals surface area contributed by atoms with Gasteiger partial charge in [-0.05, 0) is 36.8 Å². The van der Waals surface area contributed by atoms with Crippen molar-refractivity contribution in [3.05, 3.63) is 76.2 Å². The normalized spacial score (nSPS) is 16.9. The Labute approximate surface area is 148 Å². The van der Waals surface area contributed by atoms with Gasteiger partial charge >= 0.3 is 6.03 Å². The molecule has 1 aliphatic rings. The molecule has 1 unspecified atom stereocenters. The van der Waals surface area contributed by atoms with Crippen molar-refractivity contribution in [3.63, 3.8) is 0 Å². The van der Waals surface area contributed by atoms with Crippen molar-refractivity contribution in [2.75, 3.05) is 5.32 Å². The molecule has 0 spiro atoms. The van der Waals surface area contributed by atoms with E-state index < -0.39 is 23.8 Å². The molecule has 1 atom stereocenters. The van der Waals surface area contributed by atoms with Gasteiger partial charge in [0.15, 0.2) is 0 Å². The van der Waals surface area contributed by atoms with Crippen LogP contribution in [0.3, 0.4) is 0 Å². The summed E-state index contributed by atoms with van der Waals surface area (Å²) >= 11 is 6.08. The number of benzene rings is 2. The van der Waals surface area contributed by atoms with E-state index in [1.54, 1.807) is 31.2 Å². The summed E-state index contributed by atoms with van der Waals surface area (Å²) in [5, 5.41) is 8.42. The Bertz CT molecular complexity index is 865. The molecule has 2 aromatic carbocycles. The molecule has 0 bridgehead atoms. The molecule has 0 aliphatic carbocycles. The van der Waals surface area contributed by atoms with Crippen LogP contribution in [0, 0.1) is 5.82 Å². The fourth-order valence-electron chi connectivity index (χ4n) is 2.65. The van der Waals surface area contributed by atoms with Gasteiger partial charge in [-0.25, -0.2) is 9.18 Å². The minimum absolute atomic E-state index is 0.325. The summed E-state index contributed by atoms with van der Waals surface area (Å²) in [6.07, 6.45) is 0. The summed E-state index contributed by atoms with van der Waals surface area (Å²) in [6, 6.07) is 11.3. The molecule has 25 heavy (non-hydrogen) atoms. The number of rotatable bonds is 3. The molecule has 0 radical (unpaired) electrons. The Morgan fingerprint density at radius 3 is 2.52 bits per heavy atom. The fourth-order valence-corrected chi connectivity index (χ4v) is 2.84. The van der Waals surface area contributed by atoms with Gasteiger partial charge in [0.2, 0.25) is 0 Å². The maximum Gasteiger partial charge on any atom is 0.319 e. The quantitative estimate of drug-likeness (QED) is 0.781. The number of para-hydroxylation sites is 1. The van der Waals surface area contributed by atoms with E-state index in [-0.39, 0.29) is 0 Å². The lowest BCUT2D eigenvalue weighted by Crippen LogP contribution is -2.46.